The Kier molecular flexibility index (Phi) is 6.41. The van der Waals surface area contributed by atoms with Gasteiger partial charge in [0.25, 0.3) is 6.47 Å². The molecule has 1 aromatic carbocycles. The molecule has 0 saturated carbocycles. The number of benzene rings is 1. The molecule has 0 radical (unpaired) electrons. The van der Waals surface area contributed by atoms with Crippen LogP contribution in [0.4, 0.5) is 11.5 Å². The number of nitrogens with zero attached hydrogens (tertiary/aromatic N) is 3. The normalized spacial score (nSPS) is 16.5. The number of carbonyl (C=O) groups excluding carboxylic acids is 1. The number of fused-ring (bicyclic) bond motifs is 1. The minimum absolute atomic E-state index is 0.0671. The lowest BCUT2D eigenvalue weighted by atomic mass is 9.90. The van der Waals surface area contributed by atoms with Gasteiger partial charge in [-0.05, 0) is 56.0 Å². The van der Waals surface area contributed by atoms with Crippen molar-refractivity contribution in [3.63, 3.8) is 0 Å². The molecule has 11 nitrogen and oxygen atoms in total. The highest BCUT2D eigenvalue weighted by Gasteiger charge is 2.32. The SMILES string of the molecule is O=COC(CC1CCNCC1)c1ncnc(NCc2ccc3c(c2)OCO3)c1[N+](=O)[O-]. The van der Waals surface area contributed by atoms with E-state index in [4.69, 9.17) is 14.2 Å². The third-order valence-corrected chi connectivity index (χ3v) is 5.46. The molecule has 0 bridgehead atoms. The van der Waals surface area contributed by atoms with Gasteiger partial charge in [-0.2, -0.15) is 0 Å². The second-order valence-electron chi connectivity index (χ2n) is 7.40. The molecule has 2 aromatic rings. The first kappa shape index (κ1) is 20.8. The van der Waals surface area contributed by atoms with Gasteiger partial charge in [-0.15, -0.1) is 0 Å². The van der Waals surface area contributed by atoms with E-state index in [0.29, 0.717) is 24.4 Å². The van der Waals surface area contributed by atoms with E-state index in [2.05, 4.69) is 20.6 Å². The fourth-order valence-corrected chi connectivity index (χ4v) is 3.89. The van der Waals surface area contributed by atoms with Gasteiger partial charge in [0, 0.05) is 6.54 Å². The van der Waals surface area contributed by atoms with Crippen molar-refractivity contribution in [2.45, 2.75) is 31.9 Å². The van der Waals surface area contributed by atoms with Crippen molar-refractivity contribution in [3.8, 4) is 11.5 Å². The van der Waals surface area contributed by atoms with Crippen molar-refractivity contribution in [2.75, 3.05) is 25.2 Å². The van der Waals surface area contributed by atoms with E-state index in [1.807, 2.05) is 6.07 Å². The van der Waals surface area contributed by atoms with Gasteiger partial charge in [-0.1, -0.05) is 6.07 Å². The molecule has 2 N–H and O–H groups in total. The van der Waals surface area contributed by atoms with Gasteiger partial charge in [0.15, 0.2) is 23.3 Å². The monoisotopic (exact) mass is 429 g/mol. The van der Waals surface area contributed by atoms with Crippen LogP contribution in [0.5, 0.6) is 11.5 Å². The number of hydrogen-bond acceptors (Lipinski definition) is 10. The summed E-state index contributed by atoms with van der Waals surface area (Å²) in [5, 5.41) is 18.2. The summed E-state index contributed by atoms with van der Waals surface area (Å²) in [6.45, 7) is 2.50. The first-order valence-corrected chi connectivity index (χ1v) is 10.1. The summed E-state index contributed by atoms with van der Waals surface area (Å²) in [5.74, 6) is 1.63. The molecule has 4 rings (SSSR count). The van der Waals surface area contributed by atoms with Crippen LogP contribution in [0.2, 0.25) is 0 Å². The van der Waals surface area contributed by atoms with Crippen LogP contribution < -0.4 is 20.1 Å². The van der Waals surface area contributed by atoms with Crippen LogP contribution in [0.1, 0.15) is 36.6 Å². The van der Waals surface area contributed by atoms with Crippen LogP contribution in [-0.2, 0) is 16.1 Å². The molecule has 1 atom stereocenters. The molecule has 164 valence electrons. The average Bonchev–Trinajstić information content (AvgIpc) is 3.25. The van der Waals surface area contributed by atoms with Crippen LogP contribution in [0.25, 0.3) is 0 Å². The number of piperidine rings is 1. The van der Waals surface area contributed by atoms with Crippen LogP contribution in [0.3, 0.4) is 0 Å². The topological polar surface area (TPSA) is 138 Å². The number of nitrogens with one attached hydrogen (secondary N) is 2. The largest absolute Gasteiger partial charge is 0.458 e. The van der Waals surface area contributed by atoms with E-state index in [1.165, 1.54) is 6.33 Å². The van der Waals surface area contributed by atoms with Crippen molar-refractivity contribution in [1.82, 2.24) is 15.3 Å². The predicted molar refractivity (Wildman–Crippen MR) is 109 cm³/mol. The number of carbonyl (C=O) groups is 1. The maximum Gasteiger partial charge on any atom is 0.336 e. The molecular formula is C20H23N5O6. The fraction of sp³-hybridized carbons (Fsp3) is 0.450. The minimum Gasteiger partial charge on any atom is -0.458 e. The molecule has 0 spiro atoms. The number of anilines is 1. The van der Waals surface area contributed by atoms with E-state index in [-0.39, 0.29) is 36.5 Å². The number of hydrogen-bond donors (Lipinski definition) is 2. The molecule has 0 aliphatic carbocycles. The summed E-state index contributed by atoms with van der Waals surface area (Å²) in [6, 6.07) is 5.43. The Hall–Kier alpha value is -3.47. The quantitative estimate of drug-likeness (QED) is 0.347. The van der Waals surface area contributed by atoms with Gasteiger partial charge >= 0.3 is 5.69 Å². The fourth-order valence-electron chi connectivity index (χ4n) is 3.89. The van der Waals surface area contributed by atoms with Gasteiger partial charge in [0.1, 0.15) is 6.33 Å². The van der Waals surface area contributed by atoms with Crippen molar-refractivity contribution in [1.29, 1.82) is 0 Å². The number of aromatic nitrogens is 2. The van der Waals surface area contributed by atoms with E-state index in [9.17, 15) is 14.9 Å². The minimum atomic E-state index is -0.810. The second kappa shape index (κ2) is 9.56. The highest BCUT2D eigenvalue weighted by atomic mass is 16.7. The molecule has 2 aliphatic heterocycles. The summed E-state index contributed by atoms with van der Waals surface area (Å²) in [4.78, 5) is 30.7. The molecule has 3 heterocycles. The lowest BCUT2D eigenvalue weighted by molar-refractivity contribution is -0.385. The Morgan fingerprint density at radius 2 is 2.10 bits per heavy atom. The van der Waals surface area contributed by atoms with Crippen LogP contribution in [0, 0.1) is 16.0 Å². The van der Waals surface area contributed by atoms with E-state index in [0.717, 1.165) is 31.5 Å². The Morgan fingerprint density at radius 1 is 1.29 bits per heavy atom. The molecule has 0 amide bonds. The van der Waals surface area contributed by atoms with Crippen molar-refractivity contribution in [3.05, 3.63) is 45.9 Å². The zero-order chi connectivity index (χ0) is 21.6. The van der Waals surface area contributed by atoms with E-state index >= 15 is 0 Å². The zero-order valence-corrected chi connectivity index (χ0v) is 16.8. The van der Waals surface area contributed by atoms with Gasteiger partial charge < -0.3 is 24.8 Å². The number of ether oxygens (including phenoxy) is 3. The Balaban J connectivity index is 1.56. The third kappa shape index (κ3) is 4.82. The standard InChI is InChI=1S/C20H23N5O6/c26-11-29-17(7-13-3-5-21-6-4-13)18-19(25(27)28)20(24-10-23-18)22-9-14-1-2-15-16(8-14)31-12-30-15/h1-2,8,10-11,13,17,21H,3-7,9,12H2,(H,22,23,24). The average molecular weight is 429 g/mol. The predicted octanol–water partition coefficient (Wildman–Crippen LogP) is 2.33. The van der Waals surface area contributed by atoms with Crippen LogP contribution in [0.15, 0.2) is 24.5 Å². The Labute approximate surface area is 178 Å². The molecule has 1 unspecified atom stereocenters. The molecule has 1 fully saturated rings. The van der Waals surface area contributed by atoms with Gasteiger partial charge in [-0.25, -0.2) is 9.97 Å². The van der Waals surface area contributed by atoms with Gasteiger partial charge in [0.05, 0.1) is 4.92 Å². The molecule has 31 heavy (non-hydrogen) atoms. The summed E-state index contributed by atoms with van der Waals surface area (Å²) < 4.78 is 15.9. The van der Waals surface area contributed by atoms with Gasteiger partial charge in [0.2, 0.25) is 12.6 Å². The summed E-state index contributed by atoms with van der Waals surface area (Å²) in [7, 11) is 0. The maximum atomic E-state index is 11.9. The molecule has 1 saturated heterocycles. The summed E-state index contributed by atoms with van der Waals surface area (Å²) >= 11 is 0. The smallest absolute Gasteiger partial charge is 0.336 e. The number of nitro groups is 1. The van der Waals surface area contributed by atoms with Crippen molar-refractivity contribution < 1.29 is 23.9 Å². The Morgan fingerprint density at radius 3 is 2.87 bits per heavy atom. The van der Waals surface area contributed by atoms with Crippen molar-refractivity contribution >= 4 is 18.0 Å². The maximum absolute atomic E-state index is 11.9. The first-order valence-electron chi connectivity index (χ1n) is 10.1. The van der Waals surface area contributed by atoms with Crippen LogP contribution in [-0.4, -0.2) is 41.2 Å². The lowest BCUT2D eigenvalue weighted by Crippen LogP contribution is -2.29. The third-order valence-electron chi connectivity index (χ3n) is 5.46. The van der Waals surface area contributed by atoms with E-state index in [1.54, 1.807) is 12.1 Å². The zero-order valence-electron chi connectivity index (χ0n) is 16.8. The lowest BCUT2D eigenvalue weighted by Gasteiger charge is -2.25. The molecule has 1 aromatic heterocycles. The molecular weight excluding hydrogens is 406 g/mol. The first-order chi connectivity index (χ1) is 15.2. The summed E-state index contributed by atoms with van der Waals surface area (Å²) in [5.41, 5.74) is 0.650. The molecule has 11 heteroatoms. The van der Waals surface area contributed by atoms with E-state index < -0.39 is 11.0 Å². The Bertz CT molecular complexity index is 950. The molecule has 2 aliphatic rings. The highest BCUT2D eigenvalue weighted by molar-refractivity contribution is 5.59. The summed E-state index contributed by atoms with van der Waals surface area (Å²) in [6.07, 6.45) is 2.73. The highest BCUT2D eigenvalue weighted by Crippen LogP contribution is 2.36. The van der Waals surface area contributed by atoms with Crippen LogP contribution >= 0.6 is 0 Å². The van der Waals surface area contributed by atoms with Crippen molar-refractivity contribution in [2.24, 2.45) is 5.92 Å². The van der Waals surface area contributed by atoms with Gasteiger partial charge in [-0.3, -0.25) is 14.9 Å². The number of rotatable bonds is 9. The second-order valence-corrected chi connectivity index (χ2v) is 7.40.